The number of aryl methyl sites for hydroxylation is 2. The summed E-state index contributed by atoms with van der Waals surface area (Å²) in [5.41, 5.74) is 2.23. The predicted molar refractivity (Wildman–Crippen MR) is 90.1 cm³/mol. The summed E-state index contributed by atoms with van der Waals surface area (Å²) in [4.78, 5) is 22.8. The summed E-state index contributed by atoms with van der Waals surface area (Å²) in [5.74, 6) is 0.216. The van der Waals surface area contributed by atoms with Gasteiger partial charge in [-0.25, -0.2) is 9.37 Å². The molecule has 3 rings (SSSR count). The first-order valence-electron chi connectivity index (χ1n) is 8.44. The molecule has 1 aliphatic rings. The molecule has 0 N–H and O–H groups in total. The minimum absolute atomic E-state index is 0.0436. The fourth-order valence-corrected chi connectivity index (χ4v) is 3.21. The van der Waals surface area contributed by atoms with Crippen molar-refractivity contribution in [3.63, 3.8) is 0 Å². The average Bonchev–Trinajstić information content (AvgIpc) is 2.60. The second-order valence-electron chi connectivity index (χ2n) is 6.47. The third-order valence-electron chi connectivity index (χ3n) is 4.54. The Morgan fingerprint density at radius 1 is 1.33 bits per heavy atom. The lowest BCUT2D eigenvalue weighted by atomic mass is 9.91. The smallest absolute Gasteiger partial charge is 0.274 e. The molecule has 1 aliphatic heterocycles. The molecule has 1 atom stereocenters. The van der Waals surface area contributed by atoms with E-state index in [1.807, 2.05) is 17.9 Å². The van der Waals surface area contributed by atoms with Crippen molar-refractivity contribution in [3.8, 4) is 0 Å². The molecule has 1 aromatic carbocycles. The van der Waals surface area contributed by atoms with E-state index in [0.717, 1.165) is 50.0 Å². The zero-order valence-corrected chi connectivity index (χ0v) is 13.9. The summed E-state index contributed by atoms with van der Waals surface area (Å²) < 4.78 is 13.3. The van der Waals surface area contributed by atoms with E-state index < -0.39 is 0 Å². The van der Waals surface area contributed by atoms with Gasteiger partial charge in [0.1, 0.15) is 11.5 Å². The summed E-state index contributed by atoms with van der Waals surface area (Å²) in [6.45, 7) is 3.36. The Balaban J connectivity index is 1.57. The number of halogens is 1. The molecule has 1 amide bonds. The molecule has 0 radical (unpaired) electrons. The number of benzene rings is 1. The van der Waals surface area contributed by atoms with Gasteiger partial charge in [0.05, 0.1) is 11.9 Å². The molecule has 1 fully saturated rings. The molecule has 0 bridgehead atoms. The van der Waals surface area contributed by atoms with E-state index in [2.05, 4.69) is 9.97 Å². The van der Waals surface area contributed by atoms with Crippen LogP contribution in [0.5, 0.6) is 0 Å². The lowest BCUT2D eigenvalue weighted by Gasteiger charge is -2.32. The van der Waals surface area contributed by atoms with E-state index >= 15 is 0 Å². The summed E-state index contributed by atoms with van der Waals surface area (Å²) in [5, 5.41) is 0. The van der Waals surface area contributed by atoms with Crippen molar-refractivity contribution in [1.29, 1.82) is 0 Å². The topological polar surface area (TPSA) is 46.1 Å². The Bertz CT molecular complexity index is 702. The summed E-state index contributed by atoms with van der Waals surface area (Å²) in [6.07, 6.45) is 7.09. The average molecular weight is 327 g/mol. The highest BCUT2D eigenvalue weighted by Crippen LogP contribution is 2.22. The van der Waals surface area contributed by atoms with Crippen molar-refractivity contribution < 1.29 is 9.18 Å². The minimum atomic E-state index is -0.189. The van der Waals surface area contributed by atoms with Gasteiger partial charge in [0.25, 0.3) is 5.91 Å². The van der Waals surface area contributed by atoms with Crippen LogP contribution >= 0.6 is 0 Å². The number of carbonyl (C=O) groups excluding carboxylic acids is 1. The van der Waals surface area contributed by atoms with E-state index in [-0.39, 0.29) is 11.7 Å². The highest BCUT2D eigenvalue weighted by Gasteiger charge is 2.25. The van der Waals surface area contributed by atoms with Gasteiger partial charge < -0.3 is 4.90 Å². The lowest BCUT2D eigenvalue weighted by Crippen LogP contribution is -2.40. The van der Waals surface area contributed by atoms with E-state index in [0.29, 0.717) is 11.6 Å². The molecular formula is C19H22FN3O. The van der Waals surface area contributed by atoms with Crippen molar-refractivity contribution in [2.75, 3.05) is 13.1 Å². The van der Waals surface area contributed by atoms with Gasteiger partial charge in [0.15, 0.2) is 0 Å². The van der Waals surface area contributed by atoms with Gasteiger partial charge in [-0.15, -0.1) is 0 Å². The molecule has 0 saturated carbocycles. The number of amides is 1. The highest BCUT2D eigenvalue weighted by atomic mass is 19.1. The number of likely N-dealkylation sites (tertiary alicyclic amines) is 1. The van der Waals surface area contributed by atoms with Crippen molar-refractivity contribution in [3.05, 3.63) is 59.4 Å². The van der Waals surface area contributed by atoms with Gasteiger partial charge >= 0.3 is 0 Å². The predicted octanol–water partition coefficient (Wildman–Crippen LogP) is 3.41. The molecule has 0 spiro atoms. The van der Waals surface area contributed by atoms with Crippen LogP contribution in [0.25, 0.3) is 0 Å². The second-order valence-corrected chi connectivity index (χ2v) is 6.47. The number of hydrogen-bond donors (Lipinski definition) is 0. The number of piperidine rings is 1. The molecule has 2 heterocycles. The number of aromatic nitrogens is 2. The molecule has 1 aromatic heterocycles. The van der Waals surface area contributed by atoms with E-state index in [9.17, 15) is 9.18 Å². The van der Waals surface area contributed by atoms with Gasteiger partial charge in [-0.1, -0.05) is 12.1 Å². The number of hydrogen-bond acceptors (Lipinski definition) is 3. The van der Waals surface area contributed by atoms with Crippen LogP contribution in [0.2, 0.25) is 0 Å². The van der Waals surface area contributed by atoms with Crippen LogP contribution in [0.15, 0.2) is 36.7 Å². The maximum absolute atomic E-state index is 13.3. The summed E-state index contributed by atoms with van der Waals surface area (Å²) in [6, 6.07) is 6.76. The van der Waals surface area contributed by atoms with Gasteiger partial charge in [-0.05, 0) is 56.2 Å². The van der Waals surface area contributed by atoms with Crippen molar-refractivity contribution in [2.24, 2.45) is 5.92 Å². The van der Waals surface area contributed by atoms with Crippen molar-refractivity contribution >= 4 is 5.91 Å². The van der Waals surface area contributed by atoms with Gasteiger partial charge in [0, 0.05) is 19.3 Å². The minimum Gasteiger partial charge on any atom is -0.337 e. The number of carbonyl (C=O) groups is 1. The highest BCUT2D eigenvalue weighted by molar-refractivity contribution is 5.92. The maximum atomic E-state index is 13.3. The van der Waals surface area contributed by atoms with Gasteiger partial charge in [-0.2, -0.15) is 0 Å². The molecule has 126 valence electrons. The molecule has 1 saturated heterocycles. The lowest BCUT2D eigenvalue weighted by molar-refractivity contribution is 0.0662. The molecular weight excluding hydrogens is 305 g/mol. The number of nitrogens with zero attached hydrogens (tertiary/aromatic N) is 3. The van der Waals surface area contributed by atoms with Gasteiger partial charge in [0.2, 0.25) is 0 Å². The van der Waals surface area contributed by atoms with Crippen LogP contribution in [0, 0.1) is 18.7 Å². The van der Waals surface area contributed by atoms with Crippen molar-refractivity contribution in [1.82, 2.24) is 14.9 Å². The Morgan fingerprint density at radius 2 is 2.21 bits per heavy atom. The molecule has 4 nitrogen and oxygen atoms in total. The second kappa shape index (κ2) is 7.51. The molecule has 24 heavy (non-hydrogen) atoms. The Labute approximate surface area is 141 Å². The third kappa shape index (κ3) is 4.16. The fourth-order valence-electron chi connectivity index (χ4n) is 3.21. The largest absolute Gasteiger partial charge is 0.337 e. The first-order valence-corrected chi connectivity index (χ1v) is 8.44. The summed E-state index contributed by atoms with van der Waals surface area (Å²) in [7, 11) is 0. The van der Waals surface area contributed by atoms with E-state index in [1.54, 1.807) is 24.5 Å². The Kier molecular flexibility index (Phi) is 5.18. The molecule has 1 unspecified atom stereocenters. The third-order valence-corrected chi connectivity index (χ3v) is 4.54. The van der Waals surface area contributed by atoms with Crippen LogP contribution in [0.4, 0.5) is 4.39 Å². The van der Waals surface area contributed by atoms with Crippen LogP contribution in [-0.4, -0.2) is 33.9 Å². The zero-order valence-electron chi connectivity index (χ0n) is 13.9. The van der Waals surface area contributed by atoms with Crippen LogP contribution < -0.4 is 0 Å². The normalized spacial score (nSPS) is 17.8. The van der Waals surface area contributed by atoms with Gasteiger partial charge in [-0.3, -0.25) is 9.78 Å². The maximum Gasteiger partial charge on any atom is 0.274 e. The zero-order chi connectivity index (χ0) is 16.9. The SMILES string of the molecule is Cc1cnc(C(=O)N2CCCC(CCc3cccc(F)c3)C2)cn1. The monoisotopic (exact) mass is 327 g/mol. The fraction of sp³-hybridized carbons (Fsp3) is 0.421. The quantitative estimate of drug-likeness (QED) is 0.864. The van der Waals surface area contributed by atoms with E-state index in [1.165, 1.54) is 6.07 Å². The van der Waals surface area contributed by atoms with E-state index in [4.69, 9.17) is 0 Å². The molecule has 5 heteroatoms. The Hall–Kier alpha value is -2.30. The van der Waals surface area contributed by atoms with Crippen LogP contribution in [0.1, 0.15) is 41.0 Å². The first kappa shape index (κ1) is 16.6. The summed E-state index contributed by atoms with van der Waals surface area (Å²) >= 11 is 0. The van der Waals surface area contributed by atoms with Crippen LogP contribution in [-0.2, 0) is 6.42 Å². The standard InChI is InChI=1S/C19H22FN3O/c1-14-11-22-18(12-21-14)19(24)23-9-3-5-16(13-23)8-7-15-4-2-6-17(20)10-15/h2,4,6,10-12,16H,3,5,7-9,13H2,1H3. The molecule has 0 aliphatic carbocycles. The van der Waals surface area contributed by atoms with Crippen LogP contribution in [0.3, 0.4) is 0 Å². The number of rotatable bonds is 4. The first-order chi connectivity index (χ1) is 11.6. The van der Waals surface area contributed by atoms with Crippen molar-refractivity contribution in [2.45, 2.75) is 32.6 Å². The molecule has 2 aromatic rings. The Morgan fingerprint density at radius 3 is 2.96 bits per heavy atom.